The topological polar surface area (TPSA) is 71.1 Å². The van der Waals surface area contributed by atoms with E-state index < -0.39 is 0 Å². The molecular weight excluding hydrogens is 226 g/mol. The number of piperidine rings is 1. The molecule has 0 radical (unpaired) electrons. The molecule has 1 fully saturated rings. The van der Waals surface area contributed by atoms with Crippen molar-refractivity contribution in [3.8, 4) is 11.8 Å². The fourth-order valence-corrected chi connectivity index (χ4v) is 2.27. The molecule has 1 atom stereocenters. The predicted molar refractivity (Wildman–Crippen MR) is 71.3 cm³/mol. The molecule has 0 saturated carbocycles. The van der Waals surface area contributed by atoms with Gasteiger partial charge < -0.3 is 15.8 Å². The van der Waals surface area contributed by atoms with Crippen LogP contribution in [0.1, 0.15) is 31.2 Å². The quantitative estimate of drug-likeness (QED) is 0.796. The molecule has 18 heavy (non-hydrogen) atoms. The Kier molecular flexibility index (Phi) is 4.43. The number of anilines is 1. The molecular formula is C14H19N3O. The van der Waals surface area contributed by atoms with Crippen LogP contribution in [0.4, 0.5) is 5.69 Å². The lowest BCUT2D eigenvalue weighted by Gasteiger charge is -2.23. The first-order valence-corrected chi connectivity index (χ1v) is 6.46. The van der Waals surface area contributed by atoms with Crippen molar-refractivity contribution in [1.82, 2.24) is 5.32 Å². The molecule has 4 heteroatoms. The SMILES string of the molecule is N#Cc1c(N)cccc1OCCC1CCCCN1. The molecule has 0 bridgehead atoms. The van der Waals surface area contributed by atoms with Crippen LogP contribution in [0.2, 0.25) is 0 Å². The lowest BCUT2D eigenvalue weighted by atomic mass is 10.0. The standard InChI is InChI=1S/C14H19N3O/c15-10-12-13(16)5-3-6-14(12)18-9-7-11-4-1-2-8-17-11/h3,5-6,11,17H,1-2,4,7-9,16H2. The molecule has 1 saturated heterocycles. The van der Waals surface area contributed by atoms with Gasteiger partial charge in [0.05, 0.1) is 12.3 Å². The molecule has 1 aliphatic rings. The monoisotopic (exact) mass is 245 g/mol. The van der Waals surface area contributed by atoms with E-state index in [2.05, 4.69) is 11.4 Å². The molecule has 2 rings (SSSR count). The van der Waals surface area contributed by atoms with Crippen molar-refractivity contribution in [3.05, 3.63) is 23.8 Å². The van der Waals surface area contributed by atoms with Crippen LogP contribution in [-0.4, -0.2) is 19.2 Å². The second-order valence-electron chi connectivity index (χ2n) is 4.62. The Hall–Kier alpha value is -1.73. The summed E-state index contributed by atoms with van der Waals surface area (Å²) in [5, 5.41) is 12.5. The number of nitrogens with zero attached hydrogens (tertiary/aromatic N) is 1. The zero-order chi connectivity index (χ0) is 12.8. The number of hydrogen-bond acceptors (Lipinski definition) is 4. The van der Waals surface area contributed by atoms with Crippen molar-refractivity contribution in [2.45, 2.75) is 31.7 Å². The first-order chi connectivity index (χ1) is 8.81. The Morgan fingerprint density at radius 1 is 1.44 bits per heavy atom. The molecule has 0 aromatic heterocycles. The van der Waals surface area contributed by atoms with Crippen LogP contribution in [0.3, 0.4) is 0 Å². The number of nitriles is 1. The first-order valence-electron chi connectivity index (χ1n) is 6.46. The molecule has 1 aromatic rings. The van der Waals surface area contributed by atoms with Crippen LogP contribution < -0.4 is 15.8 Å². The lowest BCUT2D eigenvalue weighted by Crippen LogP contribution is -2.35. The molecule has 0 amide bonds. The molecule has 0 spiro atoms. The van der Waals surface area contributed by atoms with Crippen molar-refractivity contribution in [1.29, 1.82) is 5.26 Å². The Balaban J connectivity index is 1.86. The summed E-state index contributed by atoms with van der Waals surface area (Å²) >= 11 is 0. The Bertz CT molecular complexity index is 433. The van der Waals surface area contributed by atoms with Gasteiger partial charge in [0, 0.05) is 6.04 Å². The summed E-state index contributed by atoms with van der Waals surface area (Å²) in [6.45, 7) is 1.72. The van der Waals surface area contributed by atoms with E-state index in [0.29, 0.717) is 29.6 Å². The number of nitrogen functional groups attached to an aromatic ring is 1. The molecule has 1 heterocycles. The molecule has 3 N–H and O–H groups in total. The zero-order valence-electron chi connectivity index (χ0n) is 10.5. The molecule has 4 nitrogen and oxygen atoms in total. The van der Waals surface area contributed by atoms with Crippen LogP contribution in [-0.2, 0) is 0 Å². The third-order valence-corrected chi connectivity index (χ3v) is 3.31. The minimum Gasteiger partial charge on any atom is -0.492 e. The van der Waals surface area contributed by atoms with E-state index in [-0.39, 0.29) is 0 Å². The molecule has 1 aliphatic heterocycles. The van der Waals surface area contributed by atoms with Gasteiger partial charge in [-0.3, -0.25) is 0 Å². The lowest BCUT2D eigenvalue weighted by molar-refractivity contribution is 0.268. The number of nitrogens with two attached hydrogens (primary N) is 1. The van der Waals surface area contributed by atoms with E-state index in [1.54, 1.807) is 12.1 Å². The maximum atomic E-state index is 9.02. The van der Waals surface area contributed by atoms with Gasteiger partial charge in [-0.05, 0) is 37.9 Å². The largest absolute Gasteiger partial charge is 0.492 e. The van der Waals surface area contributed by atoms with E-state index in [1.807, 2.05) is 6.07 Å². The average Bonchev–Trinajstić information content (AvgIpc) is 2.40. The van der Waals surface area contributed by atoms with Crippen LogP contribution >= 0.6 is 0 Å². The van der Waals surface area contributed by atoms with Gasteiger partial charge in [-0.25, -0.2) is 0 Å². The highest BCUT2D eigenvalue weighted by molar-refractivity contribution is 5.60. The van der Waals surface area contributed by atoms with Gasteiger partial charge in [0.15, 0.2) is 0 Å². The number of benzene rings is 1. The highest BCUT2D eigenvalue weighted by Crippen LogP contribution is 2.23. The number of hydrogen-bond donors (Lipinski definition) is 2. The highest BCUT2D eigenvalue weighted by Gasteiger charge is 2.13. The maximum absolute atomic E-state index is 9.02. The fraction of sp³-hybridized carbons (Fsp3) is 0.500. The third kappa shape index (κ3) is 3.14. The smallest absolute Gasteiger partial charge is 0.139 e. The summed E-state index contributed by atoms with van der Waals surface area (Å²) in [6, 6.07) is 7.95. The second-order valence-corrected chi connectivity index (χ2v) is 4.62. The number of ether oxygens (including phenoxy) is 1. The minimum atomic E-state index is 0.439. The number of nitrogens with one attached hydrogen (secondary N) is 1. The zero-order valence-corrected chi connectivity index (χ0v) is 10.5. The van der Waals surface area contributed by atoms with Gasteiger partial charge in [0.25, 0.3) is 0 Å². The Labute approximate surface area is 108 Å². The van der Waals surface area contributed by atoms with Crippen LogP contribution in [0.15, 0.2) is 18.2 Å². The predicted octanol–water partition coefficient (Wildman–Crippen LogP) is 2.05. The van der Waals surface area contributed by atoms with Crippen molar-refractivity contribution in [2.75, 3.05) is 18.9 Å². The molecule has 1 aromatic carbocycles. The van der Waals surface area contributed by atoms with Gasteiger partial charge in [-0.1, -0.05) is 12.5 Å². The van der Waals surface area contributed by atoms with Crippen molar-refractivity contribution >= 4 is 5.69 Å². The average molecular weight is 245 g/mol. The van der Waals surface area contributed by atoms with E-state index in [1.165, 1.54) is 19.3 Å². The highest BCUT2D eigenvalue weighted by atomic mass is 16.5. The van der Waals surface area contributed by atoms with Crippen molar-refractivity contribution in [3.63, 3.8) is 0 Å². The third-order valence-electron chi connectivity index (χ3n) is 3.31. The second kappa shape index (κ2) is 6.27. The van der Waals surface area contributed by atoms with E-state index >= 15 is 0 Å². The fourth-order valence-electron chi connectivity index (χ4n) is 2.27. The van der Waals surface area contributed by atoms with Crippen molar-refractivity contribution in [2.24, 2.45) is 0 Å². The normalized spacial score (nSPS) is 19.2. The molecule has 96 valence electrons. The van der Waals surface area contributed by atoms with Crippen LogP contribution in [0.25, 0.3) is 0 Å². The number of rotatable bonds is 4. The Morgan fingerprint density at radius 3 is 3.06 bits per heavy atom. The van der Waals surface area contributed by atoms with Gasteiger partial charge in [0.1, 0.15) is 17.4 Å². The van der Waals surface area contributed by atoms with Gasteiger partial charge in [-0.15, -0.1) is 0 Å². The van der Waals surface area contributed by atoms with Crippen LogP contribution in [0, 0.1) is 11.3 Å². The van der Waals surface area contributed by atoms with E-state index in [4.69, 9.17) is 15.7 Å². The van der Waals surface area contributed by atoms with E-state index in [0.717, 1.165) is 13.0 Å². The maximum Gasteiger partial charge on any atom is 0.139 e. The van der Waals surface area contributed by atoms with E-state index in [9.17, 15) is 0 Å². The first kappa shape index (κ1) is 12.7. The van der Waals surface area contributed by atoms with Gasteiger partial charge >= 0.3 is 0 Å². The summed E-state index contributed by atoms with van der Waals surface area (Å²) in [5.41, 5.74) is 6.65. The minimum absolute atomic E-state index is 0.439. The summed E-state index contributed by atoms with van der Waals surface area (Å²) in [4.78, 5) is 0. The van der Waals surface area contributed by atoms with Gasteiger partial charge in [-0.2, -0.15) is 5.26 Å². The summed E-state index contributed by atoms with van der Waals surface area (Å²) < 4.78 is 5.67. The van der Waals surface area contributed by atoms with Crippen LogP contribution in [0.5, 0.6) is 5.75 Å². The summed E-state index contributed by atoms with van der Waals surface area (Å²) in [5.74, 6) is 0.591. The summed E-state index contributed by atoms with van der Waals surface area (Å²) in [6.07, 6.45) is 4.75. The Morgan fingerprint density at radius 2 is 2.33 bits per heavy atom. The van der Waals surface area contributed by atoms with Crippen molar-refractivity contribution < 1.29 is 4.74 Å². The summed E-state index contributed by atoms with van der Waals surface area (Å²) in [7, 11) is 0. The molecule has 0 aliphatic carbocycles. The molecule has 1 unspecified atom stereocenters. The van der Waals surface area contributed by atoms with Gasteiger partial charge in [0.2, 0.25) is 0 Å².